The van der Waals surface area contributed by atoms with E-state index in [1.165, 1.54) is 25.7 Å². The second kappa shape index (κ2) is 6.57. The summed E-state index contributed by atoms with van der Waals surface area (Å²) in [6.45, 7) is 5.11. The van der Waals surface area contributed by atoms with Gasteiger partial charge in [0.25, 0.3) is 0 Å². The molecule has 0 bridgehead atoms. The van der Waals surface area contributed by atoms with E-state index in [0.29, 0.717) is 24.5 Å². The molecule has 18 heavy (non-hydrogen) atoms. The number of anilines is 1. The van der Waals surface area contributed by atoms with Gasteiger partial charge in [-0.15, -0.1) is 0 Å². The number of hydrogen-bond donors (Lipinski definition) is 1. The predicted octanol–water partition coefficient (Wildman–Crippen LogP) is 3.26. The second-order valence-corrected chi connectivity index (χ2v) is 5.18. The molecule has 1 aromatic heterocycles. The average Bonchev–Trinajstić information content (AvgIpc) is 2.37. The highest BCUT2D eigenvalue weighted by Crippen LogP contribution is 2.25. The molecule has 1 aromatic rings. The number of nitrogens with one attached hydrogen (secondary N) is 1. The number of aromatic nitrogens is 2. The van der Waals surface area contributed by atoms with Crippen LogP contribution < -0.4 is 10.1 Å². The topological polar surface area (TPSA) is 47.0 Å². The molecule has 0 radical (unpaired) electrons. The largest absolute Gasteiger partial charge is 0.478 e. The first-order valence-electron chi connectivity index (χ1n) is 7.00. The van der Waals surface area contributed by atoms with Crippen molar-refractivity contribution in [3.8, 4) is 5.88 Å². The molecule has 2 atom stereocenters. The van der Waals surface area contributed by atoms with Gasteiger partial charge in [0.05, 0.1) is 6.61 Å². The third-order valence-corrected chi connectivity index (χ3v) is 3.35. The van der Waals surface area contributed by atoms with Gasteiger partial charge in [-0.3, -0.25) is 0 Å². The van der Waals surface area contributed by atoms with Crippen molar-refractivity contribution in [2.45, 2.75) is 52.0 Å². The van der Waals surface area contributed by atoms with Crippen molar-refractivity contribution in [2.75, 3.05) is 11.9 Å². The molecule has 4 nitrogen and oxygen atoms in total. The Morgan fingerprint density at radius 1 is 1.44 bits per heavy atom. The molecule has 1 fully saturated rings. The zero-order valence-electron chi connectivity index (χ0n) is 11.4. The highest BCUT2D eigenvalue weighted by molar-refractivity contribution is 5.29. The van der Waals surface area contributed by atoms with Crippen molar-refractivity contribution in [1.29, 1.82) is 0 Å². The zero-order valence-corrected chi connectivity index (χ0v) is 11.4. The molecule has 2 unspecified atom stereocenters. The molecule has 1 saturated carbocycles. The summed E-state index contributed by atoms with van der Waals surface area (Å²) in [5, 5.41) is 3.43. The van der Waals surface area contributed by atoms with E-state index in [2.05, 4.69) is 29.1 Å². The van der Waals surface area contributed by atoms with Crippen molar-refractivity contribution in [3.05, 3.63) is 12.3 Å². The summed E-state index contributed by atoms with van der Waals surface area (Å²) in [6, 6.07) is 2.32. The Kier molecular flexibility index (Phi) is 4.79. The van der Waals surface area contributed by atoms with Crippen molar-refractivity contribution in [2.24, 2.45) is 5.92 Å². The lowest BCUT2D eigenvalue weighted by molar-refractivity contribution is 0.304. The van der Waals surface area contributed by atoms with Gasteiger partial charge in [0.2, 0.25) is 11.8 Å². The minimum absolute atomic E-state index is 0.509. The summed E-state index contributed by atoms with van der Waals surface area (Å²) in [7, 11) is 0. The summed E-state index contributed by atoms with van der Waals surface area (Å²) >= 11 is 0. The number of hydrogen-bond acceptors (Lipinski definition) is 4. The molecule has 0 aromatic carbocycles. The Morgan fingerprint density at radius 3 is 3.11 bits per heavy atom. The molecule has 1 heterocycles. The van der Waals surface area contributed by atoms with Gasteiger partial charge in [0.15, 0.2) is 0 Å². The molecule has 0 saturated heterocycles. The molecule has 1 N–H and O–H groups in total. The Bertz CT molecular complexity index is 370. The first-order chi connectivity index (χ1) is 8.78. The molecule has 1 aliphatic carbocycles. The minimum Gasteiger partial charge on any atom is -0.478 e. The Morgan fingerprint density at radius 2 is 2.33 bits per heavy atom. The fourth-order valence-corrected chi connectivity index (χ4v) is 2.45. The molecule has 100 valence electrons. The van der Waals surface area contributed by atoms with Crippen molar-refractivity contribution >= 4 is 5.95 Å². The normalized spacial score (nSPS) is 23.7. The van der Waals surface area contributed by atoms with Crippen molar-refractivity contribution in [1.82, 2.24) is 9.97 Å². The van der Waals surface area contributed by atoms with Gasteiger partial charge < -0.3 is 10.1 Å². The first kappa shape index (κ1) is 13.1. The van der Waals surface area contributed by atoms with Crippen molar-refractivity contribution in [3.63, 3.8) is 0 Å². The second-order valence-electron chi connectivity index (χ2n) is 5.18. The highest BCUT2D eigenvalue weighted by Gasteiger charge is 2.19. The van der Waals surface area contributed by atoms with Crippen LogP contribution >= 0.6 is 0 Å². The molecule has 0 amide bonds. The van der Waals surface area contributed by atoms with Gasteiger partial charge >= 0.3 is 0 Å². The average molecular weight is 249 g/mol. The van der Waals surface area contributed by atoms with E-state index < -0.39 is 0 Å². The molecular weight excluding hydrogens is 226 g/mol. The third-order valence-electron chi connectivity index (χ3n) is 3.35. The first-order valence-corrected chi connectivity index (χ1v) is 7.00. The van der Waals surface area contributed by atoms with Crippen LogP contribution in [0, 0.1) is 5.92 Å². The van der Waals surface area contributed by atoms with Crippen LogP contribution in [0.25, 0.3) is 0 Å². The molecule has 0 aliphatic heterocycles. The van der Waals surface area contributed by atoms with Crippen LogP contribution in [0.2, 0.25) is 0 Å². The van der Waals surface area contributed by atoms with Crippen LogP contribution in [-0.2, 0) is 0 Å². The fraction of sp³-hybridized carbons (Fsp3) is 0.714. The van der Waals surface area contributed by atoms with Crippen LogP contribution in [0.3, 0.4) is 0 Å². The van der Waals surface area contributed by atoms with E-state index in [-0.39, 0.29) is 0 Å². The van der Waals surface area contributed by atoms with Crippen LogP contribution in [-0.4, -0.2) is 22.6 Å². The standard InChI is InChI=1S/C14H23N3O/c1-3-9-18-13-7-8-15-14(17-13)16-12-6-4-5-11(2)10-12/h7-8,11-12H,3-6,9-10H2,1-2H3,(H,15,16,17). The lowest BCUT2D eigenvalue weighted by Crippen LogP contribution is -2.27. The van der Waals surface area contributed by atoms with Crippen molar-refractivity contribution < 1.29 is 4.74 Å². The minimum atomic E-state index is 0.509. The number of rotatable bonds is 5. The van der Waals surface area contributed by atoms with Crippen LogP contribution in [0.5, 0.6) is 5.88 Å². The molecule has 4 heteroatoms. The SMILES string of the molecule is CCCOc1ccnc(NC2CCCC(C)C2)n1. The Balaban J connectivity index is 1.91. The number of ether oxygens (including phenoxy) is 1. The van der Waals surface area contributed by atoms with E-state index in [1.54, 1.807) is 6.20 Å². The summed E-state index contributed by atoms with van der Waals surface area (Å²) in [5.74, 6) is 2.16. The molecule has 2 rings (SSSR count). The molecule has 0 spiro atoms. The van der Waals surface area contributed by atoms with E-state index in [1.807, 2.05) is 6.07 Å². The lowest BCUT2D eigenvalue weighted by atomic mass is 9.87. The van der Waals surface area contributed by atoms with E-state index in [4.69, 9.17) is 4.74 Å². The molecule has 1 aliphatic rings. The maximum absolute atomic E-state index is 5.51. The van der Waals surface area contributed by atoms with Gasteiger partial charge in [0.1, 0.15) is 0 Å². The Labute approximate surface area is 109 Å². The highest BCUT2D eigenvalue weighted by atomic mass is 16.5. The maximum Gasteiger partial charge on any atom is 0.226 e. The summed E-state index contributed by atoms with van der Waals surface area (Å²) in [6.07, 6.45) is 7.82. The van der Waals surface area contributed by atoms with Gasteiger partial charge in [-0.25, -0.2) is 4.98 Å². The summed E-state index contributed by atoms with van der Waals surface area (Å²) in [5.41, 5.74) is 0. The van der Waals surface area contributed by atoms with Crippen LogP contribution in [0.1, 0.15) is 46.0 Å². The zero-order chi connectivity index (χ0) is 12.8. The monoisotopic (exact) mass is 249 g/mol. The van der Waals surface area contributed by atoms with E-state index in [0.717, 1.165) is 12.3 Å². The van der Waals surface area contributed by atoms with E-state index in [9.17, 15) is 0 Å². The summed E-state index contributed by atoms with van der Waals surface area (Å²) in [4.78, 5) is 8.65. The smallest absolute Gasteiger partial charge is 0.226 e. The van der Waals surface area contributed by atoms with Crippen LogP contribution in [0.4, 0.5) is 5.95 Å². The fourth-order valence-electron chi connectivity index (χ4n) is 2.45. The maximum atomic E-state index is 5.51. The number of nitrogens with zero attached hydrogens (tertiary/aromatic N) is 2. The Hall–Kier alpha value is -1.32. The summed E-state index contributed by atoms with van der Waals surface area (Å²) < 4.78 is 5.51. The third kappa shape index (κ3) is 3.86. The molecular formula is C14H23N3O. The van der Waals surface area contributed by atoms with Gasteiger partial charge in [0, 0.05) is 18.3 Å². The van der Waals surface area contributed by atoms with Gasteiger partial charge in [-0.05, 0) is 25.2 Å². The van der Waals surface area contributed by atoms with Crippen LogP contribution in [0.15, 0.2) is 12.3 Å². The van der Waals surface area contributed by atoms with Gasteiger partial charge in [-0.2, -0.15) is 4.98 Å². The predicted molar refractivity (Wildman–Crippen MR) is 72.9 cm³/mol. The lowest BCUT2D eigenvalue weighted by Gasteiger charge is -2.27. The quantitative estimate of drug-likeness (QED) is 0.870. The van der Waals surface area contributed by atoms with Gasteiger partial charge in [-0.1, -0.05) is 26.7 Å². The van der Waals surface area contributed by atoms with E-state index >= 15 is 0 Å².